The van der Waals surface area contributed by atoms with Gasteiger partial charge in [0.25, 0.3) is 0 Å². The minimum atomic E-state index is 0.113. The topological polar surface area (TPSA) is 95.6 Å². The Labute approximate surface area is 173 Å². The van der Waals surface area contributed by atoms with E-state index in [0.29, 0.717) is 23.6 Å². The molecule has 28 heavy (non-hydrogen) atoms. The highest BCUT2D eigenvalue weighted by Crippen LogP contribution is 2.40. The van der Waals surface area contributed by atoms with Crippen LogP contribution in [0.5, 0.6) is 5.88 Å². The number of hydrogen-bond acceptors (Lipinski definition) is 7. The molecule has 0 atom stereocenters. The smallest absolute Gasteiger partial charge is 0.223 e. The first-order valence-electron chi connectivity index (χ1n) is 8.98. The SMILES string of the molecule is Cn1ncc2c1OC1CC(C1)n1nc(I)c3cnc(cc31)Nc1ccnc-2n1. The second-order valence-corrected chi connectivity index (χ2v) is 8.09. The van der Waals surface area contributed by atoms with Crippen LogP contribution in [0, 0.1) is 3.70 Å². The highest BCUT2D eigenvalue weighted by atomic mass is 127. The van der Waals surface area contributed by atoms with E-state index >= 15 is 0 Å². The zero-order valence-electron chi connectivity index (χ0n) is 14.9. The van der Waals surface area contributed by atoms with E-state index in [9.17, 15) is 0 Å². The van der Waals surface area contributed by atoms with Gasteiger partial charge in [0, 0.05) is 38.3 Å². The molecule has 4 aromatic rings. The van der Waals surface area contributed by atoms with Crippen LogP contribution in [0.15, 0.2) is 30.7 Å². The molecule has 0 amide bonds. The summed E-state index contributed by atoms with van der Waals surface area (Å²) in [5, 5.41) is 13.4. The van der Waals surface area contributed by atoms with Crippen molar-refractivity contribution in [3.8, 4) is 17.3 Å². The Bertz CT molecular complexity index is 1230. The van der Waals surface area contributed by atoms with Crippen LogP contribution >= 0.6 is 22.6 Å². The van der Waals surface area contributed by atoms with E-state index in [1.54, 1.807) is 17.1 Å². The maximum absolute atomic E-state index is 6.28. The summed E-state index contributed by atoms with van der Waals surface area (Å²) in [6.07, 6.45) is 7.23. The number of rotatable bonds is 0. The molecule has 4 aromatic heterocycles. The Morgan fingerprint density at radius 1 is 1.21 bits per heavy atom. The number of aromatic nitrogens is 7. The average Bonchev–Trinajstić information content (AvgIpc) is 3.17. The highest BCUT2D eigenvalue weighted by Gasteiger charge is 2.35. The molecule has 1 N–H and O–H groups in total. The summed E-state index contributed by atoms with van der Waals surface area (Å²) in [5.74, 6) is 2.65. The van der Waals surface area contributed by atoms with Crippen molar-refractivity contribution >= 4 is 45.1 Å². The Kier molecular flexibility index (Phi) is 3.40. The summed E-state index contributed by atoms with van der Waals surface area (Å²) in [7, 11) is 1.87. The maximum atomic E-state index is 6.28. The first kappa shape index (κ1) is 16.2. The normalized spacial score (nSPS) is 20.1. The van der Waals surface area contributed by atoms with Gasteiger partial charge in [-0.25, -0.2) is 19.6 Å². The quantitative estimate of drug-likeness (QED) is 0.382. The van der Waals surface area contributed by atoms with E-state index in [4.69, 9.17) is 9.84 Å². The number of ether oxygens (including phenoxy) is 1. The largest absolute Gasteiger partial charge is 0.474 e. The maximum Gasteiger partial charge on any atom is 0.223 e. The molecule has 7 rings (SSSR count). The average molecular weight is 486 g/mol. The Morgan fingerprint density at radius 3 is 3.00 bits per heavy atom. The third kappa shape index (κ3) is 2.40. The van der Waals surface area contributed by atoms with Gasteiger partial charge in [-0.15, -0.1) is 0 Å². The lowest BCUT2D eigenvalue weighted by Crippen LogP contribution is -2.36. The molecule has 0 aromatic carbocycles. The third-order valence-corrected chi connectivity index (χ3v) is 6.07. The summed E-state index contributed by atoms with van der Waals surface area (Å²) in [6.45, 7) is 0. The van der Waals surface area contributed by atoms with Crippen molar-refractivity contribution in [3.05, 3.63) is 34.4 Å². The molecule has 1 fully saturated rings. The highest BCUT2D eigenvalue weighted by molar-refractivity contribution is 14.1. The Balaban J connectivity index is 1.54. The summed E-state index contributed by atoms with van der Waals surface area (Å²) >= 11 is 2.27. The number of pyridine rings is 1. The van der Waals surface area contributed by atoms with Crippen molar-refractivity contribution in [1.82, 2.24) is 34.5 Å². The lowest BCUT2D eigenvalue weighted by molar-refractivity contribution is 0.0594. The van der Waals surface area contributed by atoms with Crippen LogP contribution in [0.25, 0.3) is 22.3 Å². The van der Waals surface area contributed by atoms with Crippen molar-refractivity contribution < 1.29 is 4.74 Å². The molecule has 2 aliphatic heterocycles. The van der Waals surface area contributed by atoms with Gasteiger partial charge in [-0.05, 0) is 28.7 Å². The van der Waals surface area contributed by atoms with Gasteiger partial charge in [0.2, 0.25) is 5.88 Å². The van der Waals surface area contributed by atoms with Crippen LogP contribution in [0.3, 0.4) is 0 Å². The van der Waals surface area contributed by atoms with Crippen molar-refractivity contribution in [2.75, 3.05) is 5.32 Å². The van der Waals surface area contributed by atoms with E-state index in [1.807, 2.05) is 25.4 Å². The third-order valence-electron chi connectivity index (χ3n) is 5.28. The van der Waals surface area contributed by atoms with Gasteiger partial charge in [0.05, 0.1) is 23.1 Å². The van der Waals surface area contributed by atoms with E-state index < -0.39 is 0 Å². The van der Waals surface area contributed by atoms with Gasteiger partial charge >= 0.3 is 0 Å². The molecule has 6 heterocycles. The fraction of sp³-hybridized carbons (Fsp3) is 0.278. The van der Waals surface area contributed by atoms with Gasteiger partial charge in [-0.1, -0.05) is 0 Å². The second-order valence-electron chi connectivity index (χ2n) is 7.06. The molecule has 3 aliphatic rings. The summed E-state index contributed by atoms with van der Waals surface area (Å²) < 4.78 is 11.1. The number of hydrogen-bond donors (Lipinski definition) is 1. The minimum absolute atomic E-state index is 0.113. The number of nitrogens with zero attached hydrogens (tertiary/aromatic N) is 7. The van der Waals surface area contributed by atoms with Gasteiger partial charge in [-0.3, -0.25) is 4.68 Å². The molecular weight excluding hydrogens is 471 g/mol. The molecule has 10 heteroatoms. The number of aryl methyl sites for hydroxylation is 1. The predicted molar refractivity (Wildman–Crippen MR) is 110 cm³/mol. The zero-order chi connectivity index (χ0) is 18.8. The van der Waals surface area contributed by atoms with Gasteiger partial charge in [0.1, 0.15) is 27.0 Å². The Hall–Kier alpha value is -2.76. The molecule has 140 valence electrons. The standard InChI is InChI=1S/C18H15IN8O/c1-26-18-12(8-22-26)17-20-3-2-14(24-17)23-15-6-13-11(7-21-15)16(19)25-27(13)9-4-10(5-9)28-18/h2-3,6-10H,4-5H2,1H3,(H,20,21,23,24). The fourth-order valence-electron chi connectivity index (χ4n) is 3.74. The van der Waals surface area contributed by atoms with Gasteiger partial charge < -0.3 is 10.1 Å². The molecule has 6 bridgehead atoms. The summed E-state index contributed by atoms with van der Waals surface area (Å²) in [6, 6.07) is 4.15. The number of nitrogens with one attached hydrogen (secondary N) is 1. The lowest BCUT2D eigenvalue weighted by Gasteiger charge is -2.35. The molecule has 0 spiro atoms. The molecule has 0 saturated heterocycles. The first-order chi connectivity index (χ1) is 13.7. The van der Waals surface area contributed by atoms with E-state index in [1.165, 1.54) is 0 Å². The molecular formula is C18H15IN8O. The summed E-state index contributed by atoms with van der Waals surface area (Å²) in [5.41, 5.74) is 1.85. The minimum Gasteiger partial charge on any atom is -0.474 e. The van der Waals surface area contributed by atoms with Crippen molar-refractivity contribution in [2.24, 2.45) is 7.05 Å². The molecule has 1 saturated carbocycles. The lowest BCUT2D eigenvalue weighted by atomic mass is 9.89. The van der Waals surface area contributed by atoms with E-state index in [-0.39, 0.29) is 6.10 Å². The van der Waals surface area contributed by atoms with Crippen LogP contribution in [0.1, 0.15) is 18.9 Å². The van der Waals surface area contributed by atoms with Gasteiger partial charge in [0.15, 0.2) is 5.82 Å². The first-order valence-corrected chi connectivity index (χ1v) is 10.1. The molecule has 1 aliphatic carbocycles. The monoisotopic (exact) mass is 486 g/mol. The van der Waals surface area contributed by atoms with Crippen LogP contribution in [0.4, 0.5) is 11.6 Å². The number of halogens is 1. The molecule has 0 radical (unpaired) electrons. The Morgan fingerprint density at radius 2 is 2.11 bits per heavy atom. The zero-order valence-corrected chi connectivity index (χ0v) is 17.0. The summed E-state index contributed by atoms with van der Waals surface area (Å²) in [4.78, 5) is 13.6. The van der Waals surface area contributed by atoms with E-state index in [2.05, 4.69) is 52.6 Å². The fourth-order valence-corrected chi connectivity index (χ4v) is 4.39. The van der Waals surface area contributed by atoms with Crippen LogP contribution in [0.2, 0.25) is 0 Å². The predicted octanol–water partition coefficient (Wildman–Crippen LogP) is 3.07. The van der Waals surface area contributed by atoms with Crippen molar-refractivity contribution in [2.45, 2.75) is 25.0 Å². The molecule has 0 unspecified atom stereocenters. The van der Waals surface area contributed by atoms with Crippen LogP contribution < -0.4 is 10.1 Å². The van der Waals surface area contributed by atoms with E-state index in [0.717, 1.165) is 38.8 Å². The van der Waals surface area contributed by atoms with Gasteiger partial charge in [-0.2, -0.15) is 10.2 Å². The number of anilines is 2. The second kappa shape index (κ2) is 5.87. The van der Waals surface area contributed by atoms with Crippen LogP contribution in [-0.4, -0.2) is 40.6 Å². The van der Waals surface area contributed by atoms with Crippen molar-refractivity contribution in [1.29, 1.82) is 0 Å². The van der Waals surface area contributed by atoms with Crippen molar-refractivity contribution in [3.63, 3.8) is 0 Å². The van der Waals surface area contributed by atoms with Crippen LogP contribution in [-0.2, 0) is 7.05 Å². The molecule has 9 nitrogen and oxygen atoms in total.